The summed E-state index contributed by atoms with van der Waals surface area (Å²) >= 11 is 0. The van der Waals surface area contributed by atoms with Crippen LogP contribution in [0, 0.1) is 0 Å². The van der Waals surface area contributed by atoms with Crippen LogP contribution in [0.3, 0.4) is 0 Å². The van der Waals surface area contributed by atoms with E-state index in [1.807, 2.05) is 48.5 Å². The molecule has 3 unspecified atom stereocenters. The second-order valence-electron chi connectivity index (χ2n) is 13.9. The first-order valence-electron chi connectivity index (χ1n) is 15.4. The van der Waals surface area contributed by atoms with E-state index in [-0.39, 0.29) is 17.7 Å². The first-order valence-corrected chi connectivity index (χ1v) is 19.7. The van der Waals surface area contributed by atoms with E-state index < -0.39 is 61.3 Å². The lowest BCUT2D eigenvalue weighted by atomic mass is 9.51. The molecule has 8 fully saturated rings. The number of likely N-dealkylation sites (N-methyl/N-ethyl adjacent to an activating group) is 2. The van der Waals surface area contributed by atoms with E-state index in [9.17, 15) is 29.7 Å². The maximum absolute atomic E-state index is 14.9. The number of hydrogen-bond donors (Lipinski definition) is 4. The van der Waals surface area contributed by atoms with Crippen molar-refractivity contribution in [2.45, 2.75) is 68.1 Å². The van der Waals surface area contributed by atoms with Crippen molar-refractivity contribution in [2.75, 3.05) is 26.0 Å². The molecule has 1 aliphatic carbocycles. The number of benzene rings is 2. The standard InChI is InChI=1S/C32H31N5O6S4/c1-15-31-22(40)30(18-11-7-8-12-19(18)33-23(30)37(31)25(42)28(14-38,34(15)3)45-46-31)29-17-10-6-5-9-16(17)13-20(29)36-24(41)27(2)35(4)26(43)32(36,21(29)39)47-44-27/h5-12,20-23,33,38-40H,1,13-14H2,2-4H3/t20?,21-,22-,23?,27+,28-,29-,30?,31+,32-/m0/s1. The number of para-hydroxylation sites is 1. The Kier molecular flexibility index (Phi) is 5.27. The summed E-state index contributed by atoms with van der Waals surface area (Å²) in [5.41, 5.74) is 0.552. The molecule has 9 heterocycles. The van der Waals surface area contributed by atoms with Crippen molar-refractivity contribution in [1.82, 2.24) is 19.6 Å². The van der Waals surface area contributed by atoms with Crippen LogP contribution >= 0.6 is 43.2 Å². The number of fused-ring (bicyclic) bond motifs is 11. The quantitative estimate of drug-likeness (QED) is 0.337. The van der Waals surface area contributed by atoms with Crippen molar-refractivity contribution in [3.8, 4) is 0 Å². The van der Waals surface area contributed by atoms with Gasteiger partial charge in [-0.2, -0.15) is 0 Å². The Bertz CT molecular complexity index is 1920. The molecule has 10 atom stereocenters. The second-order valence-corrected chi connectivity index (χ2v) is 19.3. The molecule has 2 spiro atoms. The molecule has 15 heteroatoms. The molecule has 8 saturated heterocycles. The Morgan fingerprint density at radius 2 is 1.49 bits per heavy atom. The number of amides is 3. The van der Waals surface area contributed by atoms with Crippen molar-refractivity contribution < 1.29 is 29.7 Å². The van der Waals surface area contributed by atoms with Crippen molar-refractivity contribution in [3.63, 3.8) is 0 Å². The minimum atomic E-state index is -1.67. The number of nitrogens with zero attached hydrogens (tertiary/aromatic N) is 4. The van der Waals surface area contributed by atoms with E-state index in [1.54, 1.807) is 35.7 Å². The smallest absolute Gasteiger partial charge is 0.265 e. The van der Waals surface area contributed by atoms with Gasteiger partial charge in [0.25, 0.3) is 17.7 Å². The van der Waals surface area contributed by atoms with Crippen molar-refractivity contribution in [1.29, 1.82) is 0 Å². The topological polar surface area (TPSA) is 137 Å². The molecule has 244 valence electrons. The van der Waals surface area contributed by atoms with Gasteiger partial charge in [0.15, 0.2) is 14.6 Å². The van der Waals surface area contributed by atoms with Crippen LogP contribution in [0.15, 0.2) is 60.8 Å². The number of carbonyl (C=O) groups excluding carboxylic acids is 3. The predicted octanol–water partition coefficient (Wildman–Crippen LogP) is 1.46. The summed E-state index contributed by atoms with van der Waals surface area (Å²) in [5.74, 6) is -0.997. The van der Waals surface area contributed by atoms with Crippen LogP contribution in [0.4, 0.5) is 5.69 Å². The van der Waals surface area contributed by atoms with Crippen LogP contribution < -0.4 is 5.32 Å². The summed E-state index contributed by atoms with van der Waals surface area (Å²) in [7, 11) is 8.36. The highest BCUT2D eigenvalue weighted by Gasteiger charge is 2.91. The van der Waals surface area contributed by atoms with Gasteiger partial charge in [0, 0.05) is 25.5 Å². The number of piperazine rings is 2. The van der Waals surface area contributed by atoms with Crippen molar-refractivity contribution in [2.24, 2.45) is 0 Å². The molecule has 11 nitrogen and oxygen atoms in total. The average Bonchev–Trinajstić information content (AvgIpc) is 3.72. The van der Waals surface area contributed by atoms with Crippen LogP contribution in [0.1, 0.15) is 23.6 Å². The average molecular weight is 710 g/mol. The fraction of sp³-hybridized carbons (Fsp3) is 0.469. The lowest BCUT2D eigenvalue weighted by Gasteiger charge is -2.61. The minimum absolute atomic E-state index is 0.261. The molecule has 12 rings (SSSR count). The third kappa shape index (κ3) is 2.48. The van der Waals surface area contributed by atoms with Gasteiger partial charge in [-0.05, 0) is 57.7 Å². The second kappa shape index (κ2) is 8.42. The Hall–Kier alpha value is -2.53. The molecular weight excluding hydrogens is 679 g/mol. The fourth-order valence-electron chi connectivity index (χ4n) is 10.5. The molecule has 10 aliphatic rings. The zero-order valence-electron chi connectivity index (χ0n) is 25.5. The van der Waals surface area contributed by atoms with E-state index in [1.165, 1.54) is 48.1 Å². The summed E-state index contributed by atoms with van der Waals surface area (Å²) in [6, 6.07) is 14.6. The zero-order valence-corrected chi connectivity index (χ0v) is 28.8. The highest BCUT2D eigenvalue weighted by atomic mass is 33.1. The lowest BCUT2D eigenvalue weighted by molar-refractivity contribution is -0.166. The van der Waals surface area contributed by atoms with Crippen LogP contribution in [0.5, 0.6) is 0 Å². The zero-order chi connectivity index (χ0) is 32.8. The lowest BCUT2D eigenvalue weighted by Crippen LogP contribution is -2.77. The maximum Gasteiger partial charge on any atom is 0.265 e. The number of carbonyl (C=O) groups is 3. The molecule has 4 N–H and O–H groups in total. The van der Waals surface area contributed by atoms with E-state index >= 15 is 0 Å². The Morgan fingerprint density at radius 1 is 0.830 bits per heavy atom. The molecule has 4 bridgehead atoms. The van der Waals surface area contributed by atoms with Gasteiger partial charge in [-0.3, -0.25) is 19.3 Å². The molecule has 0 radical (unpaired) electrons. The molecule has 3 amide bonds. The molecule has 2 aromatic rings. The van der Waals surface area contributed by atoms with E-state index in [0.717, 1.165) is 11.1 Å². The first-order chi connectivity index (χ1) is 22.4. The number of aliphatic hydroxyl groups excluding tert-OH is 3. The Labute approximate surface area is 286 Å². The van der Waals surface area contributed by atoms with Gasteiger partial charge in [0.2, 0.25) is 4.87 Å². The van der Waals surface area contributed by atoms with Crippen molar-refractivity contribution in [3.05, 3.63) is 77.5 Å². The van der Waals surface area contributed by atoms with E-state index in [2.05, 4.69) is 11.9 Å². The molecule has 0 aromatic heterocycles. The largest absolute Gasteiger partial charge is 0.392 e. The monoisotopic (exact) mass is 709 g/mol. The number of nitrogens with one attached hydrogen (secondary N) is 1. The number of aliphatic hydroxyl groups is 3. The predicted molar refractivity (Wildman–Crippen MR) is 181 cm³/mol. The SMILES string of the molecule is C=C1N(C)[C@@]2(CO)SS[C@@]13[C@@H](O)C1([C@@]45c6ccccc6CC4N4C(=O)[C@@]6(C)SS[C@]4(C(=O)N6C)[C@H]5O)c4ccccc4NC1N3C2=O. The summed E-state index contributed by atoms with van der Waals surface area (Å²) in [5, 5.41) is 41.2. The third-order valence-electron chi connectivity index (χ3n) is 12.7. The van der Waals surface area contributed by atoms with Gasteiger partial charge in [-0.1, -0.05) is 70.6 Å². The highest BCUT2D eigenvalue weighted by molar-refractivity contribution is 8.78. The molecule has 47 heavy (non-hydrogen) atoms. The van der Waals surface area contributed by atoms with Crippen LogP contribution in [0.25, 0.3) is 0 Å². The molecule has 9 aliphatic heterocycles. The van der Waals surface area contributed by atoms with Gasteiger partial charge in [-0.15, -0.1) is 0 Å². The van der Waals surface area contributed by atoms with Gasteiger partial charge in [0.1, 0.15) is 18.4 Å². The normalized spacial score (nSPS) is 46.4. The fourth-order valence-corrected chi connectivity index (χ4v) is 17.9. The van der Waals surface area contributed by atoms with Crippen LogP contribution in [-0.2, 0) is 31.6 Å². The summed E-state index contributed by atoms with van der Waals surface area (Å²) in [6.07, 6.45) is -3.44. The van der Waals surface area contributed by atoms with Gasteiger partial charge in [-0.25, -0.2) is 0 Å². The first kappa shape index (κ1) is 29.4. The Morgan fingerprint density at radius 3 is 2.23 bits per heavy atom. The van der Waals surface area contributed by atoms with Crippen molar-refractivity contribution >= 4 is 66.6 Å². The van der Waals surface area contributed by atoms with Gasteiger partial charge in [0.05, 0.1) is 23.5 Å². The molecule has 0 saturated carbocycles. The summed E-state index contributed by atoms with van der Waals surface area (Å²) < 4.78 is 0. The number of rotatable bonds is 2. The third-order valence-corrected chi connectivity index (χ3v) is 20.1. The van der Waals surface area contributed by atoms with E-state index in [0.29, 0.717) is 23.4 Å². The maximum atomic E-state index is 14.9. The van der Waals surface area contributed by atoms with Crippen LogP contribution in [0.2, 0.25) is 0 Å². The summed E-state index contributed by atoms with van der Waals surface area (Å²) in [4.78, 5) is 45.0. The highest BCUT2D eigenvalue weighted by Crippen LogP contribution is 2.79. The van der Waals surface area contributed by atoms with Gasteiger partial charge >= 0.3 is 0 Å². The van der Waals surface area contributed by atoms with Gasteiger partial charge < -0.3 is 35.3 Å². The van der Waals surface area contributed by atoms with Crippen LogP contribution in [-0.4, -0.2) is 117 Å². The molecular formula is C32H31N5O6S4. The number of anilines is 1. The minimum Gasteiger partial charge on any atom is -0.392 e. The number of hydrogen-bond acceptors (Lipinski definition) is 12. The van der Waals surface area contributed by atoms with E-state index in [4.69, 9.17) is 0 Å². The Balaban J connectivity index is 1.35. The molecule has 2 aromatic carbocycles. The summed E-state index contributed by atoms with van der Waals surface area (Å²) in [6.45, 7) is 5.70.